The van der Waals surface area contributed by atoms with Crippen molar-refractivity contribution in [2.45, 2.75) is 6.92 Å². The monoisotopic (exact) mass is 263 g/mol. The maximum absolute atomic E-state index is 10.9. The highest BCUT2D eigenvalue weighted by atomic mass is 16.5. The summed E-state index contributed by atoms with van der Waals surface area (Å²) in [6, 6.07) is 5.25. The van der Waals surface area contributed by atoms with Crippen LogP contribution in [-0.2, 0) is 4.79 Å². The van der Waals surface area contributed by atoms with Crippen molar-refractivity contribution in [3.05, 3.63) is 18.2 Å². The topological polar surface area (TPSA) is 86.5 Å². The number of methoxy groups -OCH3 is 2. The summed E-state index contributed by atoms with van der Waals surface area (Å²) in [5.74, 6) is 1.17. The fourth-order valence-electron chi connectivity index (χ4n) is 1.51. The second-order valence-electron chi connectivity index (χ2n) is 3.66. The molecule has 0 atom stereocenters. The van der Waals surface area contributed by atoms with Gasteiger partial charge in [0.2, 0.25) is 11.8 Å². The number of nitrogens with zero attached hydrogens (tertiary/aromatic N) is 2. The number of carbonyl (C=O) groups excluding carboxylic acids is 1. The molecule has 0 saturated carbocycles. The van der Waals surface area contributed by atoms with E-state index in [4.69, 9.17) is 13.9 Å². The fraction of sp³-hybridized carbons (Fsp3) is 0.250. The molecule has 2 rings (SSSR count). The van der Waals surface area contributed by atoms with Crippen molar-refractivity contribution in [1.29, 1.82) is 0 Å². The van der Waals surface area contributed by atoms with Gasteiger partial charge in [-0.1, -0.05) is 5.10 Å². The van der Waals surface area contributed by atoms with Crippen molar-refractivity contribution >= 4 is 11.9 Å². The summed E-state index contributed by atoms with van der Waals surface area (Å²) in [6.07, 6.45) is 0. The van der Waals surface area contributed by atoms with Gasteiger partial charge in [-0.25, -0.2) is 0 Å². The number of ether oxygens (including phenoxy) is 2. The van der Waals surface area contributed by atoms with Gasteiger partial charge < -0.3 is 13.9 Å². The van der Waals surface area contributed by atoms with Crippen LogP contribution in [0.4, 0.5) is 6.01 Å². The Hall–Kier alpha value is -2.57. The van der Waals surface area contributed by atoms with Crippen molar-refractivity contribution in [1.82, 2.24) is 10.2 Å². The minimum absolute atomic E-state index is 0.0530. The van der Waals surface area contributed by atoms with Gasteiger partial charge in [0.15, 0.2) is 11.5 Å². The number of amides is 1. The van der Waals surface area contributed by atoms with E-state index in [9.17, 15) is 4.79 Å². The summed E-state index contributed by atoms with van der Waals surface area (Å²) >= 11 is 0. The second-order valence-corrected chi connectivity index (χ2v) is 3.66. The van der Waals surface area contributed by atoms with E-state index in [0.29, 0.717) is 17.1 Å². The summed E-state index contributed by atoms with van der Waals surface area (Å²) in [4.78, 5) is 10.9. The third-order valence-electron chi connectivity index (χ3n) is 2.34. The molecule has 0 radical (unpaired) electrons. The third kappa shape index (κ3) is 2.82. The van der Waals surface area contributed by atoms with Crippen LogP contribution in [0.25, 0.3) is 11.5 Å². The van der Waals surface area contributed by atoms with Crippen LogP contribution in [0, 0.1) is 0 Å². The molecule has 7 heteroatoms. The summed E-state index contributed by atoms with van der Waals surface area (Å²) in [6.45, 7) is 1.36. The Labute approximate surface area is 109 Å². The van der Waals surface area contributed by atoms with Crippen molar-refractivity contribution in [2.24, 2.45) is 0 Å². The Balaban J connectivity index is 2.31. The molecule has 0 bridgehead atoms. The number of aromatic nitrogens is 2. The van der Waals surface area contributed by atoms with E-state index in [1.54, 1.807) is 25.3 Å². The Morgan fingerprint density at radius 3 is 2.58 bits per heavy atom. The predicted molar refractivity (Wildman–Crippen MR) is 67.1 cm³/mol. The molecule has 0 spiro atoms. The van der Waals surface area contributed by atoms with Crippen LogP contribution in [-0.4, -0.2) is 30.3 Å². The molecule has 1 aromatic carbocycles. The number of nitrogens with one attached hydrogen (secondary N) is 1. The lowest BCUT2D eigenvalue weighted by Gasteiger charge is -2.07. The number of benzene rings is 1. The minimum Gasteiger partial charge on any atom is -0.493 e. The number of carbonyl (C=O) groups is 1. The molecule has 0 aliphatic heterocycles. The molecule has 0 fully saturated rings. The quantitative estimate of drug-likeness (QED) is 0.903. The van der Waals surface area contributed by atoms with Crippen LogP contribution in [0.5, 0.6) is 11.5 Å². The lowest BCUT2D eigenvalue weighted by atomic mass is 10.2. The summed E-state index contributed by atoms with van der Waals surface area (Å²) in [7, 11) is 3.09. The maximum Gasteiger partial charge on any atom is 0.322 e. The highest BCUT2D eigenvalue weighted by molar-refractivity contribution is 5.86. The molecule has 0 unspecified atom stereocenters. The number of hydrogen-bond donors (Lipinski definition) is 1. The van der Waals surface area contributed by atoms with E-state index in [-0.39, 0.29) is 17.8 Å². The van der Waals surface area contributed by atoms with Gasteiger partial charge in [-0.2, -0.15) is 0 Å². The number of rotatable bonds is 4. The van der Waals surface area contributed by atoms with Crippen LogP contribution >= 0.6 is 0 Å². The van der Waals surface area contributed by atoms with E-state index >= 15 is 0 Å². The van der Waals surface area contributed by atoms with Gasteiger partial charge in [0, 0.05) is 12.5 Å². The molecule has 1 amide bonds. The van der Waals surface area contributed by atoms with Crippen LogP contribution in [0.2, 0.25) is 0 Å². The first-order valence-electron chi connectivity index (χ1n) is 5.47. The van der Waals surface area contributed by atoms with E-state index in [1.165, 1.54) is 14.0 Å². The van der Waals surface area contributed by atoms with Gasteiger partial charge in [-0.3, -0.25) is 10.1 Å². The third-order valence-corrected chi connectivity index (χ3v) is 2.34. The Morgan fingerprint density at radius 2 is 1.95 bits per heavy atom. The molecule has 1 heterocycles. The summed E-state index contributed by atoms with van der Waals surface area (Å²) in [5, 5.41) is 9.96. The molecule has 0 aliphatic rings. The molecule has 0 saturated heterocycles. The van der Waals surface area contributed by atoms with Crippen molar-refractivity contribution < 1.29 is 18.7 Å². The van der Waals surface area contributed by atoms with Gasteiger partial charge in [-0.05, 0) is 18.2 Å². The summed E-state index contributed by atoms with van der Waals surface area (Å²) in [5.41, 5.74) is 0.668. The van der Waals surface area contributed by atoms with Crippen molar-refractivity contribution in [2.75, 3.05) is 19.5 Å². The van der Waals surface area contributed by atoms with Gasteiger partial charge in [0.05, 0.1) is 14.2 Å². The molecular weight excluding hydrogens is 250 g/mol. The lowest BCUT2D eigenvalue weighted by molar-refractivity contribution is -0.114. The van der Waals surface area contributed by atoms with Crippen molar-refractivity contribution in [3.63, 3.8) is 0 Å². The number of hydrogen-bond acceptors (Lipinski definition) is 6. The zero-order chi connectivity index (χ0) is 13.8. The van der Waals surface area contributed by atoms with E-state index < -0.39 is 0 Å². The SMILES string of the molecule is COc1ccc(-c2nnc(NC(C)=O)o2)cc1OC. The Morgan fingerprint density at radius 1 is 1.21 bits per heavy atom. The average Bonchev–Trinajstić information content (AvgIpc) is 2.85. The molecule has 1 aromatic heterocycles. The van der Waals surface area contributed by atoms with Crippen LogP contribution in [0.1, 0.15) is 6.92 Å². The fourth-order valence-corrected chi connectivity index (χ4v) is 1.51. The van der Waals surface area contributed by atoms with Gasteiger partial charge >= 0.3 is 6.01 Å². The normalized spacial score (nSPS) is 10.1. The lowest BCUT2D eigenvalue weighted by Crippen LogP contribution is -2.05. The first-order chi connectivity index (χ1) is 9.13. The first kappa shape index (κ1) is 12.9. The molecular formula is C12H13N3O4. The predicted octanol–water partition coefficient (Wildman–Crippen LogP) is 1.71. The minimum atomic E-state index is -0.275. The highest BCUT2D eigenvalue weighted by Crippen LogP contribution is 2.32. The smallest absolute Gasteiger partial charge is 0.322 e. The zero-order valence-corrected chi connectivity index (χ0v) is 10.8. The highest BCUT2D eigenvalue weighted by Gasteiger charge is 2.12. The molecule has 7 nitrogen and oxygen atoms in total. The number of anilines is 1. The summed E-state index contributed by atoms with van der Waals surface area (Å²) < 4.78 is 15.6. The van der Waals surface area contributed by atoms with Crippen molar-refractivity contribution in [3.8, 4) is 23.0 Å². The van der Waals surface area contributed by atoms with E-state index in [0.717, 1.165) is 0 Å². The average molecular weight is 263 g/mol. The molecule has 2 aromatic rings. The zero-order valence-electron chi connectivity index (χ0n) is 10.8. The maximum atomic E-state index is 10.9. The standard InChI is InChI=1S/C12H13N3O4/c1-7(16)13-12-15-14-11(19-12)8-4-5-9(17-2)10(6-8)18-3/h4-6H,1-3H3,(H,13,15,16). The van der Waals surface area contributed by atoms with Gasteiger partial charge in [0.1, 0.15) is 0 Å². The van der Waals surface area contributed by atoms with Crippen LogP contribution in [0.3, 0.4) is 0 Å². The van der Waals surface area contributed by atoms with E-state index in [2.05, 4.69) is 15.5 Å². The molecule has 1 N–H and O–H groups in total. The molecule has 19 heavy (non-hydrogen) atoms. The molecule has 0 aliphatic carbocycles. The van der Waals surface area contributed by atoms with Gasteiger partial charge in [0.25, 0.3) is 0 Å². The Bertz CT molecular complexity index is 594. The largest absolute Gasteiger partial charge is 0.493 e. The van der Waals surface area contributed by atoms with Crippen LogP contribution in [0.15, 0.2) is 22.6 Å². The van der Waals surface area contributed by atoms with Crippen LogP contribution < -0.4 is 14.8 Å². The Kier molecular flexibility index (Phi) is 3.65. The molecule has 100 valence electrons. The van der Waals surface area contributed by atoms with E-state index in [1.807, 2.05) is 0 Å². The first-order valence-corrected chi connectivity index (χ1v) is 5.47. The van der Waals surface area contributed by atoms with Gasteiger partial charge in [-0.15, -0.1) is 5.10 Å². The second kappa shape index (κ2) is 5.38.